The predicted octanol–water partition coefficient (Wildman–Crippen LogP) is 0.317. The molecule has 0 amide bonds. The van der Waals surface area contributed by atoms with Crippen molar-refractivity contribution >= 4 is 0 Å². The van der Waals surface area contributed by atoms with Gasteiger partial charge in [0.2, 0.25) is 0 Å². The van der Waals surface area contributed by atoms with Crippen molar-refractivity contribution in [3.63, 3.8) is 0 Å². The summed E-state index contributed by atoms with van der Waals surface area (Å²) in [6.45, 7) is 6.47. The molecule has 18 heavy (non-hydrogen) atoms. The third kappa shape index (κ3) is 2.74. The summed E-state index contributed by atoms with van der Waals surface area (Å²) in [5.74, 6) is 1.13. The molecule has 1 aliphatic heterocycles. The molecule has 0 bridgehead atoms. The first kappa shape index (κ1) is 13.5. The highest BCUT2D eigenvalue weighted by Gasteiger charge is 2.32. The van der Waals surface area contributed by atoms with Crippen LogP contribution < -0.4 is 5.32 Å². The number of likely N-dealkylation sites (N-methyl/N-ethyl adjacent to an activating group) is 3. The second-order valence-corrected chi connectivity index (χ2v) is 5.24. The van der Waals surface area contributed by atoms with Crippen LogP contribution in [-0.4, -0.2) is 65.7 Å². The van der Waals surface area contributed by atoms with E-state index in [1.54, 1.807) is 0 Å². The third-order valence-electron chi connectivity index (χ3n) is 3.84. The van der Waals surface area contributed by atoms with Crippen molar-refractivity contribution in [2.24, 2.45) is 7.05 Å². The molecular formula is C13H25N5. The predicted molar refractivity (Wildman–Crippen MR) is 73.5 cm³/mol. The highest BCUT2D eigenvalue weighted by molar-refractivity contribution is 5.05. The van der Waals surface area contributed by atoms with Gasteiger partial charge in [-0.1, -0.05) is 6.92 Å². The molecule has 1 aromatic heterocycles. The molecule has 2 rings (SSSR count). The van der Waals surface area contributed by atoms with Crippen LogP contribution in [-0.2, 0) is 7.05 Å². The van der Waals surface area contributed by atoms with Crippen molar-refractivity contribution < 1.29 is 0 Å². The quantitative estimate of drug-likeness (QED) is 0.836. The smallest absolute Gasteiger partial charge is 0.127 e. The van der Waals surface area contributed by atoms with Gasteiger partial charge in [-0.25, -0.2) is 4.98 Å². The van der Waals surface area contributed by atoms with Crippen LogP contribution in [0.4, 0.5) is 0 Å². The fourth-order valence-corrected chi connectivity index (χ4v) is 2.70. The Hall–Kier alpha value is -0.910. The highest BCUT2D eigenvalue weighted by atomic mass is 15.3. The maximum absolute atomic E-state index is 4.52. The minimum Gasteiger partial charge on any atom is -0.337 e. The fourth-order valence-electron chi connectivity index (χ4n) is 2.70. The molecule has 5 heteroatoms. The van der Waals surface area contributed by atoms with Crippen LogP contribution in [0.2, 0.25) is 0 Å². The topological polar surface area (TPSA) is 36.3 Å². The molecule has 1 fully saturated rings. The van der Waals surface area contributed by atoms with Crippen LogP contribution in [0.3, 0.4) is 0 Å². The van der Waals surface area contributed by atoms with Gasteiger partial charge in [-0.15, -0.1) is 0 Å². The van der Waals surface area contributed by atoms with E-state index in [0.717, 1.165) is 32.0 Å². The molecule has 1 saturated heterocycles. The lowest BCUT2D eigenvalue weighted by Gasteiger charge is -2.41. The normalized spacial score (nSPS) is 24.3. The summed E-state index contributed by atoms with van der Waals surface area (Å²) in [7, 11) is 6.48. The van der Waals surface area contributed by atoms with Crippen LogP contribution in [0.5, 0.6) is 0 Å². The SMILES string of the molecule is CCNC(c1nccn1C)C1CN(C)CCN1C. The molecule has 102 valence electrons. The van der Waals surface area contributed by atoms with E-state index in [4.69, 9.17) is 0 Å². The third-order valence-corrected chi connectivity index (χ3v) is 3.84. The van der Waals surface area contributed by atoms with Gasteiger partial charge in [0, 0.05) is 45.1 Å². The molecule has 2 heterocycles. The molecule has 0 aromatic carbocycles. The van der Waals surface area contributed by atoms with Crippen molar-refractivity contribution in [1.29, 1.82) is 0 Å². The summed E-state index contributed by atoms with van der Waals surface area (Å²) >= 11 is 0. The summed E-state index contributed by atoms with van der Waals surface area (Å²) < 4.78 is 2.12. The van der Waals surface area contributed by atoms with E-state index >= 15 is 0 Å². The van der Waals surface area contributed by atoms with Gasteiger partial charge in [0.15, 0.2) is 0 Å². The lowest BCUT2D eigenvalue weighted by molar-refractivity contribution is 0.0851. The van der Waals surface area contributed by atoms with Crippen LogP contribution >= 0.6 is 0 Å². The first-order valence-corrected chi connectivity index (χ1v) is 6.73. The zero-order valence-corrected chi connectivity index (χ0v) is 11.9. The molecule has 2 unspecified atom stereocenters. The monoisotopic (exact) mass is 251 g/mol. The van der Waals surface area contributed by atoms with E-state index in [2.05, 4.69) is 52.7 Å². The summed E-state index contributed by atoms with van der Waals surface area (Å²) in [5, 5.41) is 3.59. The van der Waals surface area contributed by atoms with Gasteiger partial charge in [0.05, 0.1) is 6.04 Å². The molecule has 2 atom stereocenters. The second kappa shape index (κ2) is 5.82. The summed E-state index contributed by atoms with van der Waals surface area (Å²) in [5.41, 5.74) is 0. The summed E-state index contributed by atoms with van der Waals surface area (Å²) in [6, 6.07) is 0.771. The van der Waals surface area contributed by atoms with Crippen LogP contribution in [0.15, 0.2) is 12.4 Å². The lowest BCUT2D eigenvalue weighted by atomic mass is 10.0. The summed E-state index contributed by atoms with van der Waals surface area (Å²) in [6.07, 6.45) is 3.90. The van der Waals surface area contributed by atoms with E-state index in [0.29, 0.717) is 12.1 Å². The van der Waals surface area contributed by atoms with Crippen molar-refractivity contribution in [2.45, 2.75) is 19.0 Å². The number of aryl methyl sites for hydroxylation is 1. The second-order valence-electron chi connectivity index (χ2n) is 5.24. The molecule has 0 saturated carbocycles. The molecule has 1 aliphatic rings. The molecular weight excluding hydrogens is 226 g/mol. The largest absolute Gasteiger partial charge is 0.337 e. The van der Waals surface area contributed by atoms with Gasteiger partial charge in [0.25, 0.3) is 0 Å². The van der Waals surface area contributed by atoms with Gasteiger partial charge in [-0.3, -0.25) is 4.90 Å². The van der Waals surface area contributed by atoms with E-state index in [1.165, 1.54) is 0 Å². The lowest BCUT2D eigenvalue weighted by Crippen LogP contribution is -2.55. The Balaban J connectivity index is 2.21. The van der Waals surface area contributed by atoms with Gasteiger partial charge in [-0.05, 0) is 20.6 Å². The molecule has 1 aromatic rings. The Morgan fingerprint density at radius 1 is 1.39 bits per heavy atom. The van der Waals surface area contributed by atoms with Crippen molar-refractivity contribution in [2.75, 3.05) is 40.3 Å². The Labute approximate surface area is 110 Å². The van der Waals surface area contributed by atoms with E-state index in [-0.39, 0.29) is 0 Å². The fraction of sp³-hybridized carbons (Fsp3) is 0.769. The Morgan fingerprint density at radius 2 is 2.17 bits per heavy atom. The average molecular weight is 251 g/mol. The number of piperazine rings is 1. The number of rotatable bonds is 4. The highest BCUT2D eigenvalue weighted by Crippen LogP contribution is 2.21. The maximum atomic E-state index is 4.52. The van der Waals surface area contributed by atoms with E-state index < -0.39 is 0 Å². The van der Waals surface area contributed by atoms with Crippen molar-refractivity contribution in [3.05, 3.63) is 18.2 Å². The molecule has 0 spiro atoms. The van der Waals surface area contributed by atoms with E-state index in [9.17, 15) is 0 Å². The van der Waals surface area contributed by atoms with Gasteiger partial charge in [0.1, 0.15) is 5.82 Å². The summed E-state index contributed by atoms with van der Waals surface area (Å²) in [4.78, 5) is 9.37. The zero-order chi connectivity index (χ0) is 13.1. The molecule has 0 radical (unpaired) electrons. The van der Waals surface area contributed by atoms with Crippen LogP contribution in [0, 0.1) is 0 Å². The van der Waals surface area contributed by atoms with Gasteiger partial charge < -0.3 is 14.8 Å². The van der Waals surface area contributed by atoms with Gasteiger partial charge >= 0.3 is 0 Å². The van der Waals surface area contributed by atoms with Crippen molar-refractivity contribution in [3.8, 4) is 0 Å². The standard InChI is InChI=1S/C13H25N5/c1-5-14-12(13-15-6-7-18(13)4)11-10-16(2)8-9-17(11)3/h6-7,11-12,14H,5,8-10H2,1-4H3. The van der Waals surface area contributed by atoms with Crippen molar-refractivity contribution in [1.82, 2.24) is 24.7 Å². The van der Waals surface area contributed by atoms with Crippen LogP contribution in [0.1, 0.15) is 18.8 Å². The number of nitrogens with one attached hydrogen (secondary N) is 1. The first-order valence-electron chi connectivity index (χ1n) is 6.73. The number of nitrogens with zero attached hydrogens (tertiary/aromatic N) is 4. The maximum Gasteiger partial charge on any atom is 0.127 e. The number of aromatic nitrogens is 2. The molecule has 1 N–H and O–H groups in total. The Kier molecular flexibility index (Phi) is 4.37. The Morgan fingerprint density at radius 3 is 2.78 bits per heavy atom. The number of hydrogen-bond donors (Lipinski definition) is 1. The molecule has 0 aliphatic carbocycles. The zero-order valence-electron chi connectivity index (χ0n) is 11.9. The van der Waals surface area contributed by atoms with Crippen LogP contribution in [0.25, 0.3) is 0 Å². The minimum atomic E-state index is 0.294. The Bertz CT molecular complexity index is 375. The number of hydrogen-bond acceptors (Lipinski definition) is 4. The number of imidazole rings is 1. The minimum absolute atomic E-state index is 0.294. The van der Waals surface area contributed by atoms with Gasteiger partial charge in [-0.2, -0.15) is 0 Å². The molecule has 5 nitrogen and oxygen atoms in total. The first-order chi connectivity index (χ1) is 8.63. The van der Waals surface area contributed by atoms with E-state index in [1.807, 2.05) is 12.4 Å². The average Bonchev–Trinajstić information content (AvgIpc) is 2.76.